The first-order valence-electron chi connectivity index (χ1n) is 10.1. The van der Waals surface area contributed by atoms with E-state index in [0.717, 1.165) is 23.5 Å². The summed E-state index contributed by atoms with van der Waals surface area (Å²) in [7, 11) is 0. The fourth-order valence-electron chi connectivity index (χ4n) is 3.00. The molecule has 1 aromatic heterocycles. The Morgan fingerprint density at radius 1 is 1.10 bits per heavy atom. The summed E-state index contributed by atoms with van der Waals surface area (Å²) in [6, 6.07) is 17.7. The number of guanidine groups is 1. The highest BCUT2D eigenvalue weighted by Gasteiger charge is 2.22. The smallest absolute Gasteiger partial charge is 0.191 e. The molecule has 7 heteroatoms. The Kier molecular flexibility index (Phi) is 7.19. The molecular weight excluding hydrogens is 381 g/mol. The SMILES string of the molecule is CCNC(=NCC(C)(O)c1ccccc1)NCCc1ccn(-c2ccc(F)cc2)n1. The van der Waals surface area contributed by atoms with Crippen LogP contribution in [0.15, 0.2) is 71.9 Å². The Labute approximate surface area is 176 Å². The summed E-state index contributed by atoms with van der Waals surface area (Å²) in [5, 5.41) is 21.7. The van der Waals surface area contributed by atoms with Gasteiger partial charge in [0.1, 0.15) is 11.4 Å². The minimum atomic E-state index is -1.04. The standard InChI is InChI=1S/C23H28FN5O/c1-3-25-22(27-17-23(2,30)18-7-5-4-6-8-18)26-15-13-20-14-16-29(28-20)21-11-9-19(24)10-12-21/h4-12,14,16,30H,3,13,15,17H2,1-2H3,(H2,25,26,27). The highest BCUT2D eigenvalue weighted by Crippen LogP contribution is 2.20. The molecule has 0 bridgehead atoms. The van der Waals surface area contributed by atoms with Gasteiger partial charge < -0.3 is 15.7 Å². The lowest BCUT2D eigenvalue weighted by Crippen LogP contribution is -2.39. The molecule has 2 aromatic carbocycles. The first-order chi connectivity index (χ1) is 14.5. The van der Waals surface area contributed by atoms with Crippen molar-refractivity contribution in [3.05, 3.63) is 83.9 Å². The number of aliphatic hydroxyl groups is 1. The number of rotatable bonds is 8. The zero-order valence-electron chi connectivity index (χ0n) is 17.3. The second-order valence-electron chi connectivity index (χ2n) is 7.24. The van der Waals surface area contributed by atoms with Crippen LogP contribution in [0.2, 0.25) is 0 Å². The first-order valence-corrected chi connectivity index (χ1v) is 10.1. The number of aromatic nitrogens is 2. The lowest BCUT2D eigenvalue weighted by Gasteiger charge is -2.22. The Morgan fingerprint density at radius 3 is 2.53 bits per heavy atom. The predicted octanol–water partition coefficient (Wildman–Crippen LogP) is 3.02. The van der Waals surface area contributed by atoms with Crippen molar-refractivity contribution in [1.82, 2.24) is 20.4 Å². The van der Waals surface area contributed by atoms with Gasteiger partial charge in [-0.3, -0.25) is 0 Å². The monoisotopic (exact) mass is 409 g/mol. The molecule has 158 valence electrons. The molecule has 0 saturated heterocycles. The van der Waals surface area contributed by atoms with Gasteiger partial charge in [0.15, 0.2) is 5.96 Å². The van der Waals surface area contributed by atoms with Crippen LogP contribution in [0.25, 0.3) is 5.69 Å². The summed E-state index contributed by atoms with van der Waals surface area (Å²) >= 11 is 0. The van der Waals surface area contributed by atoms with Gasteiger partial charge in [0.25, 0.3) is 0 Å². The van der Waals surface area contributed by atoms with Crippen molar-refractivity contribution < 1.29 is 9.50 Å². The number of halogens is 1. The van der Waals surface area contributed by atoms with Gasteiger partial charge in [0, 0.05) is 25.7 Å². The molecule has 0 fully saturated rings. The molecule has 3 aromatic rings. The van der Waals surface area contributed by atoms with E-state index >= 15 is 0 Å². The molecule has 30 heavy (non-hydrogen) atoms. The van der Waals surface area contributed by atoms with Gasteiger partial charge >= 0.3 is 0 Å². The number of hydrogen-bond acceptors (Lipinski definition) is 3. The van der Waals surface area contributed by atoms with Gasteiger partial charge in [-0.15, -0.1) is 0 Å². The maximum atomic E-state index is 13.1. The van der Waals surface area contributed by atoms with E-state index in [0.29, 0.717) is 18.9 Å². The van der Waals surface area contributed by atoms with Crippen molar-refractivity contribution in [2.45, 2.75) is 25.9 Å². The van der Waals surface area contributed by atoms with Crippen molar-refractivity contribution in [2.75, 3.05) is 19.6 Å². The van der Waals surface area contributed by atoms with Crippen molar-refractivity contribution in [2.24, 2.45) is 4.99 Å². The maximum absolute atomic E-state index is 13.1. The van der Waals surface area contributed by atoms with E-state index in [1.165, 1.54) is 12.1 Å². The number of hydrogen-bond donors (Lipinski definition) is 3. The second-order valence-corrected chi connectivity index (χ2v) is 7.24. The molecule has 3 N–H and O–H groups in total. The molecule has 0 aliphatic heterocycles. The molecular formula is C23H28FN5O. The number of nitrogens with zero attached hydrogens (tertiary/aromatic N) is 3. The summed E-state index contributed by atoms with van der Waals surface area (Å²) in [6.07, 6.45) is 2.56. The van der Waals surface area contributed by atoms with Gasteiger partial charge in [-0.25, -0.2) is 14.1 Å². The summed E-state index contributed by atoms with van der Waals surface area (Å²) in [5.74, 6) is 0.378. The summed E-state index contributed by atoms with van der Waals surface area (Å²) in [5.41, 5.74) is 1.51. The summed E-state index contributed by atoms with van der Waals surface area (Å²) in [6.45, 7) is 5.36. The molecule has 0 radical (unpaired) electrons. The minimum Gasteiger partial charge on any atom is -0.384 e. The number of nitrogens with one attached hydrogen (secondary N) is 2. The molecule has 0 spiro atoms. The molecule has 0 aliphatic carbocycles. The number of aliphatic imine (C=N–C) groups is 1. The summed E-state index contributed by atoms with van der Waals surface area (Å²) in [4.78, 5) is 4.54. The van der Waals surface area contributed by atoms with E-state index in [-0.39, 0.29) is 12.4 Å². The lowest BCUT2D eigenvalue weighted by atomic mass is 9.96. The van der Waals surface area contributed by atoms with Gasteiger partial charge in [-0.05, 0) is 49.7 Å². The van der Waals surface area contributed by atoms with E-state index in [1.54, 1.807) is 23.7 Å². The van der Waals surface area contributed by atoms with Crippen LogP contribution in [0.4, 0.5) is 4.39 Å². The minimum absolute atomic E-state index is 0.242. The quantitative estimate of drug-likeness (QED) is 0.395. The summed E-state index contributed by atoms with van der Waals surface area (Å²) < 4.78 is 14.8. The van der Waals surface area contributed by atoms with E-state index in [4.69, 9.17) is 0 Å². The lowest BCUT2D eigenvalue weighted by molar-refractivity contribution is 0.0672. The normalized spacial score (nSPS) is 13.7. The van der Waals surface area contributed by atoms with Crippen LogP contribution in [-0.2, 0) is 12.0 Å². The predicted molar refractivity (Wildman–Crippen MR) is 117 cm³/mol. The van der Waals surface area contributed by atoms with Gasteiger partial charge in [0.2, 0.25) is 0 Å². The largest absolute Gasteiger partial charge is 0.384 e. The molecule has 1 atom stereocenters. The zero-order chi connectivity index (χ0) is 21.4. The molecule has 3 rings (SSSR count). The van der Waals surface area contributed by atoms with Crippen molar-refractivity contribution >= 4 is 5.96 Å². The third-order valence-electron chi connectivity index (χ3n) is 4.69. The third-order valence-corrected chi connectivity index (χ3v) is 4.69. The van der Waals surface area contributed by atoms with Crippen LogP contribution < -0.4 is 10.6 Å². The van der Waals surface area contributed by atoms with Crippen LogP contribution in [-0.4, -0.2) is 40.5 Å². The molecule has 1 unspecified atom stereocenters. The molecule has 1 heterocycles. The molecule has 6 nitrogen and oxygen atoms in total. The van der Waals surface area contributed by atoms with Gasteiger partial charge in [-0.2, -0.15) is 5.10 Å². The van der Waals surface area contributed by atoms with E-state index in [2.05, 4.69) is 20.7 Å². The van der Waals surface area contributed by atoms with Gasteiger partial charge in [-0.1, -0.05) is 30.3 Å². The van der Waals surface area contributed by atoms with Crippen molar-refractivity contribution in [3.8, 4) is 5.69 Å². The topological polar surface area (TPSA) is 74.5 Å². The van der Waals surface area contributed by atoms with E-state index in [1.807, 2.05) is 49.5 Å². The first kappa shape index (κ1) is 21.5. The molecule has 0 aliphatic rings. The van der Waals surface area contributed by atoms with Crippen LogP contribution in [0.5, 0.6) is 0 Å². The zero-order valence-corrected chi connectivity index (χ0v) is 17.3. The Balaban J connectivity index is 1.56. The average molecular weight is 410 g/mol. The average Bonchev–Trinajstić information content (AvgIpc) is 3.22. The van der Waals surface area contributed by atoms with Crippen LogP contribution in [0.3, 0.4) is 0 Å². The van der Waals surface area contributed by atoms with Crippen molar-refractivity contribution in [3.63, 3.8) is 0 Å². The van der Waals surface area contributed by atoms with E-state index < -0.39 is 5.60 Å². The highest BCUT2D eigenvalue weighted by atomic mass is 19.1. The van der Waals surface area contributed by atoms with Crippen LogP contribution >= 0.6 is 0 Å². The third kappa shape index (κ3) is 5.90. The van der Waals surface area contributed by atoms with Crippen LogP contribution in [0.1, 0.15) is 25.1 Å². The molecule has 0 saturated carbocycles. The van der Waals surface area contributed by atoms with Gasteiger partial charge in [0.05, 0.1) is 17.9 Å². The van der Waals surface area contributed by atoms with Crippen molar-refractivity contribution in [1.29, 1.82) is 0 Å². The fourth-order valence-corrected chi connectivity index (χ4v) is 3.00. The van der Waals surface area contributed by atoms with Crippen LogP contribution in [0, 0.1) is 5.82 Å². The Hall–Kier alpha value is -3.19. The second kappa shape index (κ2) is 10.0. The maximum Gasteiger partial charge on any atom is 0.191 e. The number of benzene rings is 2. The Morgan fingerprint density at radius 2 is 1.83 bits per heavy atom. The Bertz CT molecular complexity index is 951. The highest BCUT2D eigenvalue weighted by molar-refractivity contribution is 5.79. The fraction of sp³-hybridized carbons (Fsp3) is 0.304. The molecule has 0 amide bonds. The van der Waals surface area contributed by atoms with E-state index in [9.17, 15) is 9.50 Å².